The first-order valence-electron chi connectivity index (χ1n) is 7.04. The van der Waals surface area contributed by atoms with E-state index in [9.17, 15) is 4.79 Å². The van der Waals surface area contributed by atoms with Crippen molar-refractivity contribution in [1.82, 2.24) is 5.32 Å². The number of carbonyl (C=O) groups is 1. The highest BCUT2D eigenvalue weighted by molar-refractivity contribution is 7.09. The molecule has 0 spiro atoms. The van der Waals surface area contributed by atoms with Crippen LogP contribution in [0.1, 0.15) is 11.8 Å². The standard InChI is InChI=1S/C16H18N2O2S/c1-11(9-12-5-4-8-21-12)18-16(19)15-10-17-13-6-2-3-7-14(13)20-15/h2-8,11,15,17H,9-10H2,1H3,(H,18,19). The summed E-state index contributed by atoms with van der Waals surface area (Å²) in [5.74, 6) is 0.663. The zero-order chi connectivity index (χ0) is 14.7. The summed E-state index contributed by atoms with van der Waals surface area (Å²) in [6.45, 7) is 2.51. The third kappa shape index (κ3) is 3.36. The van der Waals surface area contributed by atoms with Crippen molar-refractivity contribution >= 4 is 22.9 Å². The zero-order valence-corrected chi connectivity index (χ0v) is 12.7. The summed E-state index contributed by atoms with van der Waals surface area (Å²) < 4.78 is 5.76. The van der Waals surface area contributed by atoms with Crippen molar-refractivity contribution in [1.29, 1.82) is 0 Å². The SMILES string of the molecule is CC(Cc1cccs1)NC(=O)C1CNc2ccccc2O1. The molecule has 5 heteroatoms. The number of fused-ring (bicyclic) bond motifs is 1. The lowest BCUT2D eigenvalue weighted by Crippen LogP contribution is -2.47. The van der Waals surface area contributed by atoms with Gasteiger partial charge >= 0.3 is 0 Å². The first kappa shape index (κ1) is 13.9. The molecular formula is C16H18N2O2S. The van der Waals surface area contributed by atoms with Gasteiger partial charge in [0.2, 0.25) is 0 Å². The van der Waals surface area contributed by atoms with Crippen molar-refractivity contribution in [3.8, 4) is 5.75 Å². The van der Waals surface area contributed by atoms with Gasteiger partial charge in [-0.25, -0.2) is 0 Å². The van der Waals surface area contributed by atoms with Crippen molar-refractivity contribution in [3.05, 3.63) is 46.7 Å². The van der Waals surface area contributed by atoms with Crippen LogP contribution in [0.4, 0.5) is 5.69 Å². The maximum atomic E-state index is 12.3. The fourth-order valence-corrected chi connectivity index (χ4v) is 3.21. The number of amides is 1. The monoisotopic (exact) mass is 302 g/mol. The topological polar surface area (TPSA) is 50.4 Å². The first-order valence-corrected chi connectivity index (χ1v) is 7.92. The molecule has 21 heavy (non-hydrogen) atoms. The van der Waals surface area contributed by atoms with Crippen LogP contribution in [-0.2, 0) is 11.2 Å². The van der Waals surface area contributed by atoms with E-state index in [-0.39, 0.29) is 11.9 Å². The predicted octanol–water partition coefficient (Wildman–Crippen LogP) is 2.67. The number of para-hydroxylation sites is 2. The molecular weight excluding hydrogens is 284 g/mol. The van der Waals surface area contributed by atoms with Crippen LogP contribution >= 0.6 is 11.3 Å². The average molecular weight is 302 g/mol. The predicted molar refractivity (Wildman–Crippen MR) is 85.0 cm³/mol. The summed E-state index contributed by atoms with van der Waals surface area (Å²) in [7, 11) is 0. The molecule has 2 N–H and O–H groups in total. The summed E-state index contributed by atoms with van der Waals surface area (Å²) in [5, 5.41) is 8.30. The van der Waals surface area contributed by atoms with Crippen LogP contribution in [0.3, 0.4) is 0 Å². The molecule has 4 nitrogen and oxygen atoms in total. The van der Waals surface area contributed by atoms with Gasteiger partial charge in [-0.2, -0.15) is 0 Å². The Bertz CT molecular complexity index is 612. The summed E-state index contributed by atoms with van der Waals surface area (Å²) in [5.41, 5.74) is 0.938. The van der Waals surface area contributed by atoms with E-state index in [2.05, 4.69) is 22.1 Å². The summed E-state index contributed by atoms with van der Waals surface area (Å²) in [6.07, 6.45) is 0.367. The molecule has 2 atom stereocenters. The number of benzene rings is 1. The lowest BCUT2D eigenvalue weighted by molar-refractivity contribution is -0.128. The average Bonchev–Trinajstić information content (AvgIpc) is 2.99. The molecule has 0 fully saturated rings. The van der Waals surface area contributed by atoms with Crippen molar-refractivity contribution in [3.63, 3.8) is 0 Å². The van der Waals surface area contributed by atoms with Crippen LogP contribution in [0.5, 0.6) is 5.75 Å². The Kier molecular flexibility index (Phi) is 4.10. The third-order valence-electron chi connectivity index (χ3n) is 3.40. The van der Waals surface area contributed by atoms with Crippen LogP contribution in [0.2, 0.25) is 0 Å². The fourth-order valence-electron chi connectivity index (χ4n) is 2.38. The molecule has 1 aliphatic rings. The molecule has 110 valence electrons. The maximum absolute atomic E-state index is 12.3. The lowest BCUT2D eigenvalue weighted by atomic mass is 10.1. The molecule has 0 saturated carbocycles. The van der Waals surface area contributed by atoms with Crippen molar-refractivity contribution in [2.45, 2.75) is 25.5 Å². The number of thiophene rings is 1. The van der Waals surface area contributed by atoms with Gasteiger partial charge in [0.05, 0.1) is 12.2 Å². The van der Waals surface area contributed by atoms with Crippen LogP contribution in [-0.4, -0.2) is 24.6 Å². The summed E-state index contributed by atoms with van der Waals surface area (Å²) in [6, 6.07) is 11.9. The van der Waals surface area contributed by atoms with E-state index in [1.807, 2.05) is 37.3 Å². The van der Waals surface area contributed by atoms with Crippen LogP contribution in [0.15, 0.2) is 41.8 Å². The van der Waals surface area contributed by atoms with E-state index >= 15 is 0 Å². The minimum Gasteiger partial charge on any atom is -0.477 e. The molecule has 2 heterocycles. The molecule has 3 rings (SSSR count). The largest absolute Gasteiger partial charge is 0.477 e. The minimum atomic E-state index is -0.481. The van der Waals surface area contributed by atoms with Gasteiger partial charge in [-0.15, -0.1) is 11.3 Å². The van der Waals surface area contributed by atoms with Gasteiger partial charge in [-0.1, -0.05) is 18.2 Å². The van der Waals surface area contributed by atoms with Crippen LogP contribution < -0.4 is 15.4 Å². The smallest absolute Gasteiger partial charge is 0.263 e. The number of ether oxygens (including phenoxy) is 1. The normalized spacial score (nSPS) is 18.0. The van der Waals surface area contributed by atoms with Crippen molar-refractivity contribution in [2.24, 2.45) is 0 Å². The molecule has 2 aromatic rings. The van der Waals surface area contributed by atoms with Crippen LogP contribution in [0, 0.1) is 0 Å². The number of hydrogen-bond acceptors (Lipinski definition) is 4. The highest BCUT2D eigenvalue weighted by Crippen LogP contribution is 2.28. The maximum Gasteiger partial charge on any atom is 0.263 e. The van der Waals surface area contributed by atoms with E-state index in [0.29, 0.717) is 6.54 Å². The second kappa shape index (κ2) is 6.18. The molecule has 0 aliphatic carbocycles. The summed E-state index contributed by atoms with van der Waals surface area (Å²) in [4.78, 5) is 13.5. The summed E-state index contributed by atoms with van der Waals surface area (Å²) >= 11 is 1.71. The number of nitrogens with one attached hydrogen (secondary N) is 2. The molecule has 0 radical (unpaired) electrons. The number of anilines is 1. The minimum absolute atomic E-state index is 0.0685. The molecule has 1 amide bonds. The molecule has 1 aromatic carbocycles. The quantitative estimate of drug-likeness (QED) is 0.913. The van der Waals surface area contributed by atoms with Gasteiger partial charge in [0.25, 0.3) is 5.91 Å². The van der Waals surface area contributed by atoms with Gasteiger partial charge < -0.3 is 15.4 Å². The van der Waals surface area contributed by atoms with E-state index < -0.39 is 6.10 Å². The zero-order valence-electron chi connectivity index (χ0n) is 11.8. The van der Waals surface area contributed by atoms with Crippen molar-refractivity contribution < 1.29 is 9.53 Å². The Labute approximate surface area is 128 Å². The van der Waals surface area contributed by atoms with Gasteiger partial charge in [-0.3, -0.25) is 4.79 Å². The Hall–Kier alpha value is -2.01. The molecule has 1 aromatic heterocycles. The molecule has 1 aliphatic heterocycles. The Morgan fingerprint density at radius 3 is 3.10 bits per heavy atom. The Balaban J connectivity index is 1.56. The van der Waals surface area contributed by atoms with Gasteiger partial charge in [0.1, 0.15) is 5.75 Å². The molecule has 0 saturated heterocycles. The van der Waals surface area contributed by atoms with Gasteiger partial charge in [0, 0.05) is 17.3 Å². The van der Waals surface area contributed by atoms with E-state index in [1.165, 1.54) is 4.88 Å². The van der Waals surface area contributed by atoms with Crippen molar-refractivity contribution in [2.75, 3.05) is 11.9 Å². The number of hydrogen-bond donors (Lipinski definition) is 2. The van der Waals surface area contributed by atoms with E-state index in [0.717, 1.165) is 17.9 Å². The first-order chi connectivity index (χ1) is 10.2. The third-order valence-corrected chi connectivity index (χ3v) is 4.30. The molecule has 2 unspecified atom stereocenters. The molecule has 0 bridgehead atoms. The Morgan fingerprint density at radius 2 is 2.29 bits per heavy atom. The van der Waals surface area contributed by atoms with Gasteiger partial charge in [0.15, 0.2) is 6.10 Å². The highest BCUT2D eigenvalue weighted by atomic mass is 32.1. The lowest BCUT2D eigenvalue weighted by Gasteiger charge is -2.27. The second-order valence-corrected chi connectivity index (χ2v) is 6.21. The van der Waals surface area contributed by atoms with Crippen LogP contribution in [0.25, 0.3) is 0 Å². The van der Waals surface area contributed by atoms with Gasteiger partial charge in [-0.05, 0) is 30.5 Å². The number of rotatable bonds is 4. The second-order valence-electron chi connectivity index (χ2n) is 5.18. The highest BCUT2D eigenvalue weighted by Gasteiger charge is 2.26. The van der Waals surface area contributed by atoms with E-state index in [4.69, 9.17) is 4.74 Å². The fraction of sp³-hybridized carbons (Fsp3) is 0.312. The Morgan fingerprint density at radius 1 is 1.43 bits per heavy atom. The number of carbonyl (C=O) groups excluding carboxylic acids is 1. The van der Waals surface area contributed by atoms with E-state index in [1.54, 1.807) is 11.3 Å².